The van der Waals surface area contributed by atoms with Crippen molar-refractivity contribution in [2.45, 2.75) is 17.0 Å². The Morgan fingerprint density at radius 1 is 1.25 bits per heavy atom. The van der Waals surface area contributed by atoms with Gasteiger partial charge in [0, 0.05) is 14.1 Å². The van der Waals surface area contributed by atoms with Crippen LogP contribution in [-0.2, 0) is 20.9 Å². The van der Waals surface area contributed by atoms with Gasteiger partial charge in [0.25, 0.3) is 16.9 Å². The van der Waals surface area contributed by atoms with Crippen molar-refractivity contribution in [3.05, 3.63) is 35.9 Å². The molecule has 0 bridgehead atoms. The van der Waals surface area contributed by atoms with Crippen molar-refractivity contribution in [1.82, 2.24) is 9.80 Å². The fraction of sp³-hybridized carbons (Fsp3) is 0.385. The summed E-state index contributed by atoms with van der Waals surface area (Å²) in [6, 6.07) is 9.38. The monoisotopic (exact) mass is 312 g/mol. The van der Waals surface area contributed by atoms with E-state index < -0.39 is 16.3 Å². The number of carbonyl (C=O) groups is 2. The number of piperazine rings is 1. The van der Waals surface area contributed by atoms with Crippen molar-refractivity contribution >= 4 is 37.1 Å². The summed E-state index contributed by atoms with van der Waals surface area (Å²) in [6.07, 6.45) is 0. The fourth-order valence-electron chi connectivity index (χ4n) is 1.89. The van der Waals surface area contributed by atoms with Gasteiger partial charge in [0.05, 0.1) is 6.61 Å². The van der Waals surface area contributed by atoms with E-state index in [0.717, 1.165) is 5.56 Å². The van der Waals surface area contributed by atoms with Crippen LogP contribution in [-0.4, -0.2) is 46.1 Å². The Balaban J connectivity index is 2.19. The van der Waals surface area contributed by atoms with Crippen molar-refractivity contribution in [1.29, 1.82) is 0 Å². The molecular weight excluding hydrogens is 296 g/mol. The summed E-state index contributed by atoms with van der Waals surface area (Å²) in [6.45, 7) is 0.179. The van der Waals surface area contributed by atoms with Gasteiger partial charge >= 0.3 is 0 Å². The third kappa shape index (κ3) is 2.53. The largest absolute Gasteiger partial charge is 0.334 e. The normalized spacial score (nSPS) is 27.1. The Bertz CT molecular complexity index is 526. The molecule has 1 fully saturated rings. The van der Waals surface area contributed by atoms with Crippen molar-refractivity contribution < 1.29 is 14.3 Å². The van der Waals surface area contributed by atoms with Crippen LogP contribution in [0.3, 0.4) is 0 Å². The van der Waals surface area contributed by atoms with Gasteiger partial charge in [-0.1, -0.05) is 30.3 Å². The molecule has 1 aliphatic heterocycles. The van der Waals surface area contributed by atoms with Crippen LogP contribution >= 0.6 is 25.3 Å². The van der Waals surface area contributed by atoms with E-state index in [-0.39, 0.29) is 12.5 Å². The number of likely N-dealkylation sites (N-methyl/N-ethyl adjacent to an activating group) is 2. The number of hydrogen-bond donors (Lipinski definition) is 2. The molecule has 0 spiro atoms. The lowest BCUT2D eigenvalue weighted by molar-refractivity contribution is -0.183. The molecule has 0 aromatic heterocycles. The van der Waals surface area contributed by atoms with E-state index in [4.69, 9.17) is 4.74 Å². The molecule has 1 saturated heterocycles. The highest BCUT2D eigenvalue weighted by atomic mass is 32.1. The second-order valence-corrected chi connectivity index (χ2v) is 5.66. The second-order valence-electron chi connectivity index (χ2n) is 4.57. The van der Waals surface area contributed by atoms with Crippen LogP contribution in [0.15, 0.2) is 30.3 Å². The van der Waals surface area contributed by atoms with Crippen molar-refractivity contribution in [2.75, 3.05) is 14.1 Å². The van der Waals surface area contributed by atoms with Gasteiger partial charge in [0.1, 0.15) is 0 Å². The van der Waals surface area contributed by atoms with Gasteiger partial charge in [0.2, 0.25) is 0 Å². The van der Waals surface area contributed by atoms with Gasteiger partial charge in [-0.15, -0.1) is 25.3 Å². The second kappa shape index (κ2) is 5.67. The molecule has 0 radical (unpaired) electrons. The van der Waals surface area contributed by atoms with Gasteiger partial charge in [0.15, 0.2) is 5.37 Å². The molecule has 1 heterocycles. The number of nitrogens with zero attached hydrogens (tertiary/aromatic N) is 2. The number of carbonyl (C=O) groups excluding carboxylic acids is 2. The molecule has 0 aliphatic carbocycles. The fourth-order valence-corrected chi connectivity index (χ4v) is 2.49. The SMILES string of the molecule is CN1C(=O)C(S)(OCc2ccccc2)N(C)C(=O)C1S. The molecule has 2 atom stereocenters. The van der Waals surface area contributed by atoms with Crippen molar-refractivity contribution in [3.8, 4) is 0 Å². The molecule has 108 valence electrons. The first-order chi connectivity index (χ1) is 9.38. The van der Waals surface area contributed by atoms with Crippen LogP contribution in [0.1, 0.15) is 5.56 Å². The first kappa shape index (κ1) is 15.2. The minimum absolute atomic E-state index is 0.179. The van der Waals surface area contributed by atoms with Crippen LogP contribution in [0.2, 0.25) is 0 Å². The predicted molar refractivity (Wildman–Crippen MR) is 81.3 cm³/mol. The molecule has 20 heavy (non-hydrogen) atoms. The topological polar surface area (TPSA) is 49.9 Å². The molecule has 0 saturated carbocycles. The van der Waals surface area contributed by atoms with Gasteiger partial charge in [-0.3, -0.25) is 14.5 Å². The molecular formula is C13H16N2O3S2. The smallest absolute Gasteiger partial charge is 0.288 e. The summed E-state index contributed by atoms with van der Waals surface area (Å²) in [7, 11) is 2.98. The lowest BCUT2D eigenvalue weighted by Gasteiger charge is -2.45. The number of thiol groups is 2. The third-order valence-corrected chi connectivity index (χ3v) is 4.44. The molecule has 2 unspecified atom stereocenters. The Labute approximate surface area is 128 Å². The minimum Gasteiger partial charge on any atom is -0.334 e. The molecule has 5 nitrogen and oxygen atoms in total. The van der Waals surface area contributed by atoms with Crippen molar-refractivity contribution in [3.63, 3.8) is 0 Å². The Morgan fingerprint density at radius 2 is 1.85 bits per heavy atom. The molecule has 7 heteroatoms. The highest BCUT2D eigenvalue weighted by Crippen LogP contribution is 2.31. The molecule has 1 aromatic carbocycles. The number of benzene rings is 1. The van der Waals surface area contributed by atoms with E-state index in [0.29, 0.717) is 0 Å². The summed E-state index contributed by atoms with van der Waals surface area (Å²) < 4.78 is 5.61. The van der Waals surface area contributed by atoms with E-state index in [1.165, 1.54) is 23.9 Å². The molecule has 1 aromatic rings. The maximum absolute atomic E-state index is 12.3. The Morgan fingerprint density at radius 3 is 2.45 bits per heavy atom. The van der Waals surface area contributed by atoms with E-state index in [9.17, 15) is 9.59 Å². The van der Waals surface area contributed by atoms with Crippen LogP contribution in [0.4, 0.5) is 0 Å². The maximum Gasteiger partial charge on any atom is 0.288 e. The number of ether oxygens (including phenoxy) is 1. The Kier molecular flexibility index (Phi) is 4.31. The molecule has 0 N–H and O–H groups in total. The quantitative estimate of drug-likeness (QED) is 0.646. The maximum atomic E-state index is 12.3. The van der Waals surface area contributed by atoms with Gasteiger partial charge in [-0.2, -0.15) is 0 Å². The van der Waals surface area contributed by atoms with Crippen LogP contribution in [0.5, 0.6) is 0 Å². The third-order valence-electron chi connectivity index (χ3n) is 3.25. The van der Waals surface area contributed by atoms with E-state index in [2.05, 4.69) is 25.3 Å². The van der Waals surface area contributed by atoms with Crippen LogP contribution in [0.25, 0.3) is 0 Å². The summed E-state index contributed by atoms with van der Waals surface area (Å²) in [5, 5.41) is -2.42. The molecule has 1 aliphatic rings. The van der Waals surface area contributed by atoms with Crippen molar-refractivity contribution in [2.24, 2.45) is 0 Å². The number of amides is 2. The summed E-state index contributed by atoms with van der Waals surface area (Å²) >= 11 is 8.40. The van der Waals surface area contributed by atoms with Gasteiger partial charge in [-0.25, -0.2) is 0 Å². The summed E-state index contributed by atoms with van der Waals surface area (Å²) in [5.41, 5.74) is 0.894. The zero-order valence-corrected chi connectivity index (χ0v) is 13.0. The average molecular weight is 312 g/mol. The lowest BCUT2D eigenvalue weighted by Crippen LogP contribution is -2.67. The predicted octanol–water partition coefficient (Wildman–Crippen LogP) is 0.973. The number of rotatable bonds is 3. The standard InChI is InChI=1S/C13H16N2O3S2/c1-14-11(19)10(16)15(2)13(20,12(14)17)18-8-9-6-4-3-5-7-9/h3-7,11,19-20H,8H2,1-2H3. The first-order valence-corrected chi connectivity index (χ1v) is 6.97. The zero-order valence-electron chi connectivity index (χ0n) is 11.2. The first-order valence-electron chi connectivity index (χ1n) is 6.01. The van der Waals surface area contributed by atoms with Crippen LogP contribution in [0, 0.1) is 0 Å². The van der Waals surface area contributed by atoms with E-state index in [1.807, 2.05) is 30.3 Å². The number of hydrogen-bond acceptors (Lipinski definition) is 5. The zero-order chi connectivity index (χ0) is 14.9. The summed E-state index contributed by atoms with van der Waals surface area (Å²) in [5.74, 6) is -0.752. The lowest BCUT2D eigenvalue weighted by atomic mass is 10.2. The van der Waals surface area contributed by atoms with Gasteiger partial charge < -0.3 is 9.64 Å². The summed E-state index contributed by atoms with van der Waals surface area (Å²) in [4.78, 5) is 26.8. The average Bonchev–Trinajstić information content (AvgIpc) is 2.48. The Hall–Kier alpha value is -1.18. The highest BCUT2D eigenvalue weighted by molar-refractivity contribution is 7.83. The van der Waals surface area contributed by atoms with Gasteiger partial charge in [-0.05, 0) is 5.56 Å². The van der Waals surface area contributed by atoms with E-state index in [1.54, 1.807) is 0 Å². The van der Waals surface area contributed by atoms with Crippen LogP contribution < -0.4 is 0 Å². The molecule has 2 rings (SSSR count). The molecule has 2 amide bonds. The van der Waals surface area contributed by atoms with E-state index >= 15 is 0 Å². The minimum atomic E-state index is -1.61. The highest BCUT2D eigenvalue weighted by Gasteiger charge is 2.52.